The SMILES string of the molecule is C#CCN(CCOP(=O)([O-])OCC[N+](C)(C)C)C(=O)CN(CC#C)C(=O)c1cnc(S(C)(=O)=O)c([N+](=O)[O-])c1. The van der Waals surface area contributed by atoms with Crippen molar-refractivity contribution in [2.24, 2.45) is 0 Å². The van der Waals surface area contributed by atoms with E-state index in [1.54, 1.807) is 0 Å². The van der Waals surface area contributed by atoms with E-state index in [4.69, 9.17) is 21.9 Å². The fraction of sp³-hybridized carbons (Fsp3) is 0.500. The van der Waals surface area contributed by atoms with Crippen molar-refractivity contribution in [3.8, 4) is 24.7 Å². The number of phosphoric ester groups is 1. The van der Waals surface area contributed by atoms with Crippen LogP contribution in [0.5, 0.6) is 0 Å². The average Bonchev–Trinajstić information content (AvgIpc) is 2.80. The summed E-state index contributed by atoms with van der Waals surface area (Å²) in [5, 5.41) is 10.5. The summed E-state index contributed by atoms with van der Waals surface area (Å²) >= 11 is 0. The number of aromatic nitrogens is 1. The summed E-state index contributed by atoms with van der Waals surface area (Å²) in [7, 11) is -3.18. The quantitative estimate of drug-likeness (QED) is 0.0816. The molecule has 0 aromatic carbocycles. The molecule has 0 N–H and O–H groups in total. The zero-order valence-electron chi connectivity index (χ0n) is 21.9. The lowest BCUT2D eigenvalue weighted by Gasteiger charge is -2.28. The van der Waals surface area contributed by atoms with Crippen molar-refractivity contribution < 1.29 is 45.9 Å². The molecule has 0 aliphatic heterocycles. The molecule has 0 saturated carbocycles. The van der Waals surface area contributed by atoms with Crippen molar-refractivity contribution in [2.75, 3.05) is 73.3 Å². The fourth-order valence-corrected chi connectivity index (χ4v) is 4.30. The van der Waals surface area contributed by atoms with Gasteiger partial charge in [0, 0.05) is 25.1 Å². The highest BCUT2D eigenvalue weighted by molar-refractivity contribution is 7.90. The van der Waals surface area contributed by atoms with Crippen molar-refractivity contribution in [1.29, 1.82) is 0 Å². The zero-order chi connectivity index (χ0) is 30.0. The Balaban J connectivity index is 2.99. The molecule has 2 amide bonds. The average molecular weight is 588 g/mol. The van der Waals surface area contributed by atoms with Crippen molar-refractivity contribution in [3.63, 3.8) is 0 Å². The van der Waals surface area contributed by atoms with Crippen LogP contribution in [0.3, 0.4) is 0 Å². The lowest BCUT2D eigenvalue weighted by atomic mass is 10.2. The van der Waals surface area contributed by atoms with Crippen molar-refractivity contribution in [2.45, 2.75) is 5.03 Å². The molecule has 1 rings (SSSR count). The standard InChI is InChI=1S/C22H30N5O10PS/c1-7-9-24(11-13-36-38(32,33)37-14-12-27(3,4)5)20(28)17-25(10-8-2)22(29)18-15-19(26(30)31)21(23-16-18)39(6,34)35/h1-2,15-16H,9-14,17H2,3-6H3. The van der Waals surface area contributed by atoms with Gasteiger partial charge in [0.15, 0.2) is 9.84 Å². The summed E-state index contributed by atoms with van der Waals surface area (Å²) < 4.78 is 45.6. The molecule has 17 heteroatoms. The fourth-order valence-electron chi connectivity index (χ4n) is 2.86. The number of carbonyl (C=O) groups excluding carboxylic acids is 2. The first kappa shape index (κ1) is 33.7. The summed E-state index contributed by atoms with van der Waals surface area (Å²) in [4.78, 5) is 53.6. The van der Waals surface area contributed by atoms with Gasteiger partial charge in [0.25, 0.3) is 13.7 Å². The van der Waals surface area contributed by atoms with Gasteiger partial charge < -0.3 is 28.2 Å². The number of carbonyl (C=O) groups is 2. The van der Waals surface area contributed by atoms with Crippen molar-refractivity contribution >= 4 is 35.2 Å². The molecule has 0 radical (unpaired) electrons. The Labute approximate surface area is 227 Å². The molecule has 39 heavy (non-hydrogen) atoms. The topological polar surface area (TPSA) is 189 Å². The molecule has 0 bridgehead atoms. The Hall–Kier alpha value is -3.37. The van der Waals surface area contributed by atoms with Gasteiger partial charge in [0.1, 0.15) is 19.7 Å². The van der Waals surface area contributed by atoms with E-state index in [2.05, 4.69) is 16.8 Å². The minimum atomic E-state index is -4.65. The maximum Gasteiger partial charge on any atom is 0.307 e. The normalized spacial score (nSPS) is 13.0. The van der Waals surface area contributed by atoms with E-state index in [1.807, 2.05) is 21.1 Å². The molecule has 0 aliphatic carbocycles. The lowest BCUT2D eigenvalue weighted by molar-refractivity contribution is -0.870. The number of quaternary nitrogens is 1. The number of terminal acetylenes is 2. The van der Waals surface area contributed by atoms with Crippen LogP contribution in [0.25, 0.3) is 0 Å². The molecule has 214 valence electrons. The number of hydrogen-bond donors (Lipinski definition) is 0. The van der Waals surface area contributed by atoms with E-state index in [0.29, 0.717) is 11.0 Å². The number of nitro groups is 1. The summed E-state index contributed by atoms with van der Waals surface area (Å²) in [5.74, 6) is 2.75. The van der Waals surface area contributed by atoms with Gasteiger partial charge in [-0.25, -0.2) is 13.4 Å². The number of likely N-dealkylation sites (N-methyl/N-ethyl adjacent to an activating group) is 1. The second-order valence-electron chi connectivity index (χ2n) is 9.09. The van der Waals surface area contributed by atoms with Crippen LogP contribution in [0.1, 0.15) is 10.4 Å². The third-order valence-corrected chi connectivity index (χ3v) is 6.79. The minimum Gasteiger partial charge on any atom is -0.756 e. The second kappa shape index (κ2) is 14.1. The number of nitrogens with zero attached hydrogens (tertiary/aromatic N) is 5. The maximum atomic E-state index is 13.0. The predicted octanol–water partition coefficient (Wildman–Crippen LogP) is -0.862. The van der Waals surface area contributed by atoms with Crippen LogP contribution < -0.4 is 4.89 Å². The highest BCUT2D eigenvalue weighted by Crippen LogP contribution is 2.37. The van der Waals surface area contributed by atoms with Crippen LogP contribution in [0.15, 0.2) is 17.3 Å². The number of pyridine rings is 1. The van der Waals surface area contributed by atoms with Crippen LogP contribution in [0.4, 0.5) is 5.69 Å². The predicted molar refractivity (Wildman–Crippen MR) is 137 cm³/mol. The Kier molecular flexibility index (Phi) is 12.2. The van der Waals surface area contributed by atoms with Crippen LogP contribution in [-0.4, -0.2) is 118 Å². The highest BCUT2D eigenvalue weighted by atomic mass is 32.2. The minimum absolute atomic E-state index is 0.112. The molecule has 1 aromatic heterocycles. The molecule has 1 heterocycles. The Morgan fingerprint density at radius 2 is 1.72 bits per heavy atom. The molecule has 1 unspecified atom stereocenters. The summed E-state index contributed by atoms with van der Waals surface area (Å²) in [6.07, 6.45) is 12.1. The van der Waals surface area contributed by atoms with E-state index in [0.717, 1.165) is 28.3 Å². The summed E-state index contributed by atoms with van der Waals surface area (Å²) in [6.45, 7) is -1.77. The number of rotatable bonds is 15. The molecule has 0 spiro atoms. The third-order valence-electron chi connectivity index (χ3n) is 4.78. The monoisotopic (exact) mass is 587 g/mol. The molecule has 1 aromatic rings. The van der Waals surface area contributed by atoms with E-state index < -0.39 is 64.8 Å². The van der Waals surface area contributed by atoms with Gasteiger partial charge in [-0.1, -0.05) is 11.8 Å². The van der Waals surface area contributed by atoms with E-state index >= 15 is 0 Å². The van der Waals surface area contributed by atoms with Gasteiger partial charge in [-0.05, 0) is 0 Å². The van der Waals surface area contributed by atoms with E-state index in [9.17, 15) is 37.6 Å². The number of sulfone groups is 1. The van der Waals surface area contributed by atoms with Gasteiger partial charge in [0.2, 0.25) is 10.9 Å². The van der Waals surface area contributed by atoms with Crippen LogP contribution >= 0.6 is 7.82 Å². The van der Waals surface area contributed by atoms with E-state index in [1.165, 1.54) is 0 Å². The first-order valence-electron chi connectivity index (χ1n) is 11.1. The van der Waals surface area contributed by atoms with Crippen LogP contribution in [0, 0.1) is 34.8 Å². The Morgan fingerprint density at radius 3 is 2.23 bits per heavy atom. The van der Waals surface area contributed by atoms with Crippen molar-refractivity contribution in [3.05, 3.63) is 27.9 Å². The lowest BCUT2D eigenvalue weighted by Crippen LogP contribution is -2.44. The highest BCUT2D eigenvalue weighted by Gasteiger charge is 2.28. The number of hydrogen-bond acceptors (Lipinski definition) is 11. The first-order valence-corrected chi connectivity index (χ1v) is 14.5. The van der Waals surface area contributed by atoms with Gasteiger partial charge in [-0.15, -0.1) is 12.8 Å². The van der Waals surface area contributed by atoms with Gasteiger partial charge >= 0.3 is 5.69 Å². The van der Waals surface area contributed by atoms with Crippen molar-refractivity contribution in [1.82, 2.24) is 14.8 Å². The second-order valence-corrected chi connectivity index (χ2v) is 12.4. The largest absolute Gasteiger partial charge is 0.756 e. The van der Waals surface area contributed by atoms with Crippen LogP contribution in [-0.2, 0) is 28.2 Å². The zero-order valence-corrected chi connectivity index (χ0v) is 23.6. The molecule has 0 aliphatic rings. The number of phosphoric acid groups is 1. The Morgan fingerprint density at radius 1 is 1.15 bits per heavy atom. The molecule has 0 fully saturated rings. The van der Waals surface area contributed by atoms with Gasteiger partial charge in [0.05, 0.1) is 51.3 Å². The maximum absolute atomic E-state index is 13.0. The third kappa shape index (κ3) is 11.5. The number of amides is 2. The Bertz CT molecular complexity index is 1310. The smallest absolute Gasteiger partial charge is 0.307 e. The molecule has 15 nitrogen and oxygen atoms in total. The molecular weight excluding hydrogens is 557 g/mol. The molecule has 0 saturated heterocycles. The molecule has 1 atom stereocenters. The van der Waals surface area contributed by atoms with Crippen LogP contribution in [0.2, 0.25) is 0 Å². The molecular formula is C22H30N5O10PS. The van der Waals surface area contributed by atoms with Gasteiger partial charge in [-0.3, -0.25) is 24.3 Å². The van der Waals surface area contributed by atoms with Gasteiger partial charge in [-0.2, -0.15) is 0 Å². The summed E-state index contributed by atoms with van der Waals surface area (Å²) in [6, 6.07) is 0.719. The van der Waals surface area contributed by atoms with E-state index in [-0.39, 0.29) is 25.3 Å². The summed E-state index contributed by atoms with van der Waals surface area (Å²) in [5.41, 5.74) is -1.31. The first-order chi connectivity index (χ1) is 17.9.